The third-order valence-corrected chi connectivity index (χ3v) is 8.32. The first kappa shape index (κ1) is 41.3. The van der Waals surface area contributed by atoms with Crippen LogP contribution in [0.4, 0.5) is 37.7 Å². The number of carboxylic acid groups (broad SMARTS) is 2. The number of carbonyl (C=O) groups is 2. The van der Waals surface area contributed by atoms with Crippen LogP contribution in [0.1, 0.15) is 0 Å². The summed E-state index contributed by atoms with van der Waals surface area (Å²) < 4.78 is 74.6. The summed E-state index contributed by atoms with van der Waals surface area (Å²) in [6.07, 6.45) is -10.2. The highest BCUT2D eigenvalue weighted by Gasteiger charge is 2.39. The van der Waals surface area contributed by atoms with E-state index in [2.05, 4.69) is 23.9 Å². The number of hydrogen-bond donors (Lipinski definition) is 2. The molecule has 0 saturated carbocycles. The van der Waals surface area contributed by atoms with Crippen molar-refractivity contribution in [2.24, 2.45) is 0 Å². The predicted octanol–water partition coefficient (Wildman–Crippen LogP) is 9.25. The molecule has 0 aliphatic heterocycles. The molecule has 6 rings (SSSR count). The van der Waals surface area contributed by atoms with Gasteiger partial charge in [0, 0.05) is 58.8 Å². The Morgan fingerprint density at radius 3 is 1.22 bits per heavy atom. The van der Waals surface area contributed by atoms with E-state index in [1.54, 1.807) is 14.2 Å². The van der Waals surface area contributed by atoms with Crippen LogP contribution in [-0.2, 0) is 9.59 Å². The third-order valence-electron chi connectivity index (χ3n) is 7.85. The van der Waals surface area contributed by atoms with Crippen molar-refractivity contribution in [3.05, 3.63) is 82.8 Å². The predicted molar refractivity (Wildman–Crippen MR) is 196 cm³/mol. The molecule has 0 saturated heterocycles. The molecule has 0 spiro atoms. The molecule has 0 atom stereocenters. The van der Waals surface area contributed by atoms with E-state index in [0.29, 0.717) is 10.0 Å². The smallest absolute Gasteiger partial charge is 0.490 e. The maximum Gasteiger partial charge on any atom is 0.490 e. The van der Waals surface area contributed by atoms with Crippen molar-refractivity contribution >= 4 is 90.1 Å². The Labute approximate surface area is 313 Å². The first-order chi connectivity index (χ1) is 25.2. The molecule has 2 heterocycles. The lowest BCUT2D eigenvalue weighted by molar-refractivity contribution is -0.193. The topological polar surface area (TPSA) is 125 Å². The van der Waals surface area contributed by atoms with Gasteiger partial charge in [-0.25, -0.2) is 19.6 Å². The van der Waals surface area contributed by atoms with Crippen LogP contribution < -0.4 is 19.3 Å². The van der Waals surface area contributed by atoms with Gasteiger partial charge in [0.2, 0.25) is 0 Å². The van der Waals surface area contributed by atoms with Gasteiger partial charge in [-0.15, -0.1) is 0 Å². The molecule has 54 heavy (non-hydrogen) atoms. The summed E-state index contributed by atoms with van der Waals surface area (Å²) in [5.74, 6) is -3.94. The molecule has 2 aromatic heterocycles. The maximum atomic E-state index is 10.6. The van der Waals surface area contributed by atoms with Gasteiger partial charge in [0.05, 0.1) is 47.7 Å². The second kappa shape index (κ2) is 16.7. The summed E-state index contributed by atoms with van der Waals surface area (Å²) >= 11 is 12.7. The number of rotatable bonds is 7. The number of aliphatic carboxylic acids is 2. The molecule has 0 bridgehead atoms. The quantitative estimate of drug-likeness (QED) is 0.119. The highest BCUT2D eigenvalue weighted by atomic mass is 35.5. The van der Waals surface area contributed by atoms with Gasteiger partial charge in [0.25, 0.3) is 0 Å². The average molecular weight is 800 g/mol. The van der Waals surface area contributed by atoms with Gasteiger partial charge in [0.15, 0.2) is 0 Å². The molecule has 2 N–H and O–H groups in total. The Morgan fingerprint density at radius 2 is 0.926 bits per heavy atom. The van der Waals surface area contributed by atoms with E-state index in [9.17, 15) is 26.3 Å². The largest absolute Gasteiger partial charge is 0.497 e. The average Bonchev–Trinajstić information content (AvgIpc) is 3.10. The molecule has 0 radical (unpaired) electrons. The zero-order valence-corrected chi connectivity index (χ0v) is 30.2. The van der Waals surface area contributed by atoms with E-state index in [0.717, 1.165) is 79.6 Å². The van der Waals surface area contributed by atoms with Crippen LogP contribution in [-0.4, -0.2) is 85.9 Å². The second-order valence-electron chi connectivity index (χ2n) is 11.5. The van der Waals surface area contributed by atoms with Gasteiger partial charge in [-0.2, -0.15) is 26.3 Å². The first-order valence-corrected chi connectivity index (χ1v) is 16.2. The number of fused-ring (bicyclic) bond motifs is 4. The second-order valence-corrected chi connectivity index (χ2v) is 12.3. The van der Waals surface area contributed by atoms with Crippen molar-refractivity contribution < 1.29 is 55.6 Å². The molecule has 10 nitrogen and oxygen atoms in total. The van der Waals surface area contributed by atoms with Gasteiger partial charge < -0.3 is 29.5 Å². The monoisotopic (exact) mass is 798 g/mol. The zero-order valence-electron chi connectivity index (χ0n) is 28.7. The maximum absolute atomic E-state index is 10.6. The zero-order chi connectivity index (χ0) is 40.1. The standard InChI is InChI=1S/C32H28Cl2N4O2.2C2HF3O2/c1-37(31-23-9-5-19(33)15-29(23)35-27-11-7-21(39-3)17-25(27)31)13-14-38(2)32-24-10-6-20(34)16-30(24)36-28-12-8-22(40-4)18-26(28)32;2*3-2(4,5)1(6)7/h5-12,15-18H,13-14H2,1-4H3;2*(H,6,7). The molecule has 0 unspecified atom stereocenters. The number of likely N-dealkylation sites (N-methyl/N-ethyl adjacent to an activating group) is 2. The number of benzene rings is 4. The summed E-state index contributed by atoms with van der Waals surface area (Å²) in [7, 11) is 7.59. The minimum absolute atomic E-state index is 0.660. The summed E-state index contributed by atoms with van der Waals surface area (Å²) in [5, 5.41) is 19.7. The minimum Gasteiger partial charge on any atom is -0.497 e. The fraction of sp³-hybridized carbons (Fsp3) is 0.222. The van der Waals surface area contributed by atoms with Gasteiger partial charge in [-0.1, -0.05) is 23.2 Å². The number of alkyl halides is 6. The van der Waals surface area contributed by atoms with E-state index in [-0.39, 0.29) is 0 Å². The Hall–Kier alpha value is -5.48. The van der Waals surface area contributed by atoms with Crippen LogP contribution >= 0.6 is 23.2 Å². The van der Waals surface area contributed by atoms with Crippen molar-refractivity contribution in [3.8, 4) is 11.5 Å². The van der Waals surface area contributed by atoms with Crippen LogP contribution in [0.25, 0.3) is 43.6 Å². The molecular formula is C36H30Cl2F6N4O6. The number of anilines is 2. The fourth-order valence-electron chi connectivity index (χ4n) is 5.35. The molecule has 0 fully saturated rings. The highest BCUT2D eigenvalue weighted by molar-refractivity contribution is 6.32. The lowest BCUT2D eigenvalue weighted by Crippen LogP contribution is -2.31. The minimum atomic E-state index is -5.08. The molecule has 18 heteroatoms. The molecule has 4 aromatic carbocycles. The van der Waals surface area contributed by atoms with E-state index < -0.39 is 24.3 Å². The lowest BCUT2D eigenvalue weighted by Gasteiger charge is -2.28. The van der Waals surface area contributed by atoms with Crippen molar-refractivity contribution in [2.45, 2.75) is 12.4 Å². The van der Waals surface area contributed by atoms with Crippen LogP contribution in [0, 0.1) is 0 Å². The number of hydrogen-bond acceptors (Lipinski definition) is 8. The summed E-state index contributed by atoms with van der Waals surface area (Å²) in [6.45, 7) is 1.49. The number of aromatic nitrogens is 2. The molecule has 0 aliphatic carbocycles. The lowest BCUT2D eigenvalue weighted by atomic mass is 10.1. The summed E-state index contributed by atoms with van der Waals surface area (Å²) in [6, 6.07) is 23.7. The number of carboxylic acids is 2. The summed E-state index contributed by atoms with van der Waals surface area (Å²) in [5.41, 5.74) is 5.66. The van der Waals surface area contributed by atoms with Gasteiger partial charge in [-0.05, 0) is 72.8 Å². The van der Waals surface area contributed by atoms with Crippen LogP contribution in [0.3, 0.4) is 0 Å². The normalized spacial score (nSPS) is 11.4. The van der Waals surface area contributed by atoms with Gasteiger partial charge in [0.1, 0.15) is 11.5 Å². The van der Waals surface area contributed by atoms with Crippen molar-refractivity contribution in [1.82, 2.24) is 9.97 Å². The van der Waals surface area contributed by atoms with Crippen molar-refractivity contribution in [3.63, 3.8) is 0 Å². The Morgan fingerprint density at radius 1 is 0.593 bits per heavy atom. The van der Waals surface area contributed by atoms with E-state index in [1.165, 1.54) is 0 Å². The molecule has 0 aliphatic rings. The first-order valence-electron chi connectivity index (χ1n) is 15.4. The van der Waals surface area contributed by atoms with Gasteiger partial charge in [-0.3, -0.25) is 0 Å². The Kier molecular flexibility index (Phi) is 12.8. The number of pyridine rings is 2. The van der Waals surface area contributed by atoms with Crippen LogP contribution in [0.5, 0.6) is 11.5 Å². The number of halogens is 8. The van der Waals surface area contributed by atoms with Crippen molar-refractivity contribution in [1.29, 1.82) is 0 Å². The van der Waals surface area contributed by atoms with E-state index in [1.807, 2.05) is 72.8 Å². The Balaban J connectivity index is 0.000000396. The highest BCUT2D eigenvalue weighted by Crippen LogP contribution is 2.38. The summed E-state index contributed by atoms with van der Waals surface area (Å²) in [4.78, 5) is 32.1. The van der Waals surface area contributed by atoms with Crippen LogP contribution in [0.15, 0.2) is 72.8 Å². The van der Waals surface area contributed by atoms with Crippen LogP contribution in [0.2, 0.25) is 10.0 Å². The van der Waals surface area contributed by atoms with E-state index >= 15 is 0 Å². The van der Waals surface area contributed by atoms with E-state index in [4.69, 9.17) is 62.4 Å². The Bertz CT molecular complexity index is 2180. The fourth-order valence-corrected chi connectivity index (χ4v) is 5.68. The molecular weight excluding hydrogens is 769 g/mol. The number of ether oxygens (including phenoxy) is 2. The molecule has 286 valence electrons. The third kappa shape index (κ3) is 9.73. The molecule has 6 aromatic rings. The molecule has 0 amide bonds. The SMILES string of the molecule is COc1ccc2nc3cc(Cl)ccc3c(N(C)CCN(C)c3c4ccc(Cl)cc4nc4ccc(OC)cc34)c2c1.O=C(O)C(F)(F)F.O=C(O)C(F)(F)F. The number of nitrogens with zero attached hydrogens (tertiary/aromatic N) is 4. The number of methoxy groups -OCH3 is 2. The van der Waals surface area contributed by atoms with Gasteiger partial charge >= 0.3 is 24.3 Å². The van der Waals surface area contributed by atoms with Crippen molar-refractivity contribution in [2.75, 3.05) is 51.2 Å².